The maximum atomic E-state index is 11.3. The van der Waals surface area contributed by atoms with Crippen molar-refractivity contribution in [2.45, 2.75) is 16.8 Å². The summed E-state index contributed by atoms with van der Waals surface area (Å²) in [6.45, 7) is 2.03. The van der Waals surface area contributed by atoms with Crippen molar-refractivity contribution in [2.75, 3.05) is 26.8 Å². The number of nitrogens with zero attached hydrogens (tertiary/aromatic N) is 1. The van der Waals surface area contributed by atoms with Gasteiger partial charge in [0.05, 0.1) is 0 Å². The molecule has 0 aliphatic carbocycles. The molecule has 1 fully saturated rings. The molecule has 0 radical (unpaired) electrons. The highest BCUT2D eigenvalue weighted by molar-refractivity contribution is 14.1. The third-order valence-corrected chi connectivity index (χ3v) is 3.29. The first-order valence-corrected chi connectivity index (χ1v) is 5.39. The Bertz CT molecular complexity index is 155. The van der Waals surface area contributed by atoms with E-state index in [-0.39, 0.29) is 12.5 Å². The summed E-state index contributed by atoms with van der Waals surface area (Å²) >= 11 is 2.44. The monoisotopic (exact) mass is 283 g/mol. The van der Waals surface area contributed by atoms with Gasteiger partial charge >= 0.3 is 0 Å². The van der Waals surface area contributed by atoms with E-state index in [1.54, 1.807) is 7.11 Å². The van der Waals surface area contributed by atoms with Crippen LogP contribution in [-0.2, 0) is 9.53 Å². The van der Waals surface area contributed by atoms with Crippen LogP contribution < -0.4 is 0 Å². The molecule has 1 rings (SSSR count). The number of methoxy groups -OCH3 is 1. The van der Waals surface area contributed by atoms with Gasteiger partial charge in [0.15, 0.2) is 0 Å². The Labute approximate surface area is 86.6 Å². The SMILES string of the molecule is COCC(=O)N1CCC(I)CC1. The molecule has 12 heavy (non-hydrogen) atoms. The summed E-state index contributed by atoms with van der Waals surface area (Å²) in [7, 11) is 1.56. The van der Waals surface area contributed by atoms with E-state index in [0.717, 1.165) is 29.9 Å². The second-order valence-electron chi connectivity index (χ2n) is 2.99. The molecule has 3 nitrogen and oxygen atoms in total. The van der Waals surface area contributed by atoms with E-state index in [9.17, 15) is 4.79 Å². The van der Waals surface area contributed by atoms with Crippen LogP contribution in [0.25, 0.3) is 0 Å². The largest absolute Gasteiger partial charge is 0.375 e. The van der Waals surface area contributed by atoms with Crippen LogP contribution in [0.4, 0.5) is 0 Å². The van der Waals surface area contributed by atoms with E-state index in [1.165, 1.54) is 0 Å². The molecular weight excluding hydrogens is 269 g/mol. The molecule has 0 unspecified atom stereocenters. The summed E-state index contributed by atoms with van der Waals surface area (Å²) in [5.74, 6) is 0.126. The van der Waals surface area contributed by atoms with Crippen molar-refractivity contribution in [1.29, 1.82) is 0 Å². The molecule has 0 N–H and O–H groups in total. The van der Waals surface area contributed by atoms with E-state index < -0.39 is 0 Å². The highest BCUT2D eigenvalue weighted by Crippen LogP contribution is 2.17. The first kappa shape index (κ1) is 10.2. The van der Waals surface area contributed by atoms with Gasteiger partial charge in [0.1, 0.15) is 6.61 Å². The predicted molar refractivity (Wildman–Crippen MR) is 55.5 cm³/mol. The van der Waals surface area contributed by atoms with Crippen LogP contribution in [0.3, 0.4) is 0 Å². The Morgan fingerprint density at radius 1 is 1.58 bits per heavy atom. The topological polar surface area (TPSA) is 29.5 Å². The molecule has 4 heteroatoms. The minimum Gasteiger partial charge on any atom is -0.375 e. The number of alkyl halides is 1. The lowest BCUT2D eigenvalue weighted by Crippen LogP contribution is -2.40. The molecule has 0 aromatic heterocycles. The zero-order valence-corrected chi connectivity index (χ0v) is 9.41. The molecule has 0 bridgehead atoms. The fourth-order valence-electron chi connectivity index (χ4n) is 1.31. The van der Waals surface area contributed by atoms with Crippen LogP contribution in [0.1, 0.15) is 12.8 Å². The van der Waals surface area contributed by atoms with Crippen LogP contribution in [0, 0.1) is 0 Å². The van der Waals surface area contributed by atoms with Gasteiger partial charge < -0.3 is 9.64 Å². The highest BCUT2D eigenvalue weighted by Gasteiger charge is 2.20. The average Bonchev–Trinajstić information content (AvgIpc) is 2.06. The number of hydrogen-bond donors (Lipinski definition) is 0. The van der Waals surface area contributed by atoms with Crippen molar-refractivity contribution in [3.8, 4) is 0 Å². The number of ether oxygens (including phenoxy) is 1. The zero-order chi connectivity index (χ0) is 8.97. The minimum atomic E-state index is 0.126. The summed E-state index contributed by atoms with van der Waals surface area (Å²) in [6, 6.07) is 0. The van der Waals surface area contributed by atoms with Crippen molar-refractivity contribution < 1.29 is 9.53 Å². The van der Waals surface area contributed by atoms with Crippen LogP contribution in [0.5, 0.6) is 0 Å². The van der Waals surface area contributed by atoms with Crippen molar-refractivity contribution in [2.24, 2.45) is 0 Å². The summed E-state index contributed by atoms with van der Waals surface area (Å²) in [6.07, 6.45) is 2.24. The molecular formula is C8H14INO2. The fourth-order valence-corrected chi connectivity index (χ4v) is 1.87. The number of piperidine rings is 1. The predicted octanol–water partition coefficient (Wildman–Crippen LogP) is 1.06. The fraction of sp³-hybridized carbons (Fsp3) is 0.875. The van der Waals surface area contributed by atoms with Crippen LogP contribution in [0.2, 0.25) is 0 Å². The van der Waals surface area contributed by atoms with E-state index in [2.05, 4.69) is 22.6 Å². The number of carbonyl (C=O) groups excluding carboxylic acids is 1. The second kappa shape index (κ2) is 5.01. The maximum Gasteiger partial charge on any atom is 0.248 e. The Morgan fingerprint density at radius 3 is 2.67 bits per heavy atom. The lowest BCUT2D eigenvalue weighted by Gasteiger charge is -2.29. The van der Waals surface area contributed by atoms with E-state index >= 15 is 0 Å². The summed E-state index contributed by atoms with van der Waals surface area (Å²) in [5.41, 5.74) is 0. The number of halogens is 1. The van der Waals surface area contributed by atoms with Gasteiger partial charge in [-0.1, -0.05) is 22.6 Å². The van der Waals surface area contributed by atoms with E-state index in [4.69, 9.17) is 4.74 Å². The number of hydrogen-bond acceptors (Lipinski definition) is 2. The summed E-state index contributed by atoms with van der Waals surface area (Å²) < 4.78 is 5.54. The van der Waals surface area contributed by atoms with Crippen LogP contribution in [0.15, 0.2) is 0 Å². The molecule has 1 aliphatic rings. The number of amides is 1. The highest BCUT2D eigenvalue weighted by atomic mass is 127. The number of carbonyl (C=O) groups is 1. The molecule has 70 valence electrons. The molecule has 0 spiro atoms. The second-order valence-corrected chi connectivity index (χ2v) is 4.75. The maximum absolute atomic E-state index is 11.3. The van der Waals surface area contributed by atoms with Crippen molar-refractivity contribution in [1.82, 2.24) is 4.90 Å². The third kappa shape index (κ3) is 2.90. The average molecular weight is 283 g/mol. The molecule has 1 saturated heterocycles. The molecule has 1 aliphatic heterocycles. The van der Waals surface area contributed by atoms with E-state index in [0.29, 0.717) is 0 Å². The number of rotatable bonds is 2. The molecule has 1 amide bonds. The first-order valence-electron chi connectivity index (χ1n) is 4.15. The molecule has 0 aromatic carbocycles. The standard InChI is InChI=1S/C8H14INO2/c1-12-6-8(11)10-4-2-7(9)3-5-10/h7H,2-6H2,1H3. The lowest BCUT2D eigenvalue weighted by atomic mass is 10.1. The van der Waals surface area contributed by atoms with Gasteiger partial charge in [-0.15, -0.1) is 0 Å². The lowest BCUT2D eigenvalue weighted by molar-refractivity contribution is -0.135. The van der Waals surface area contributed by atoms with Gasteiger partial charge in [-0.05, 0) is 12.8 Å². The van der Waals surface area contributed by atoms with E-state index in [1.807, 2.05) is 4.90 Å². The van der Waals surface area contributed by atoms with Crippen molar-refractivity contribution in [3.63, 3.8) is 0 Å². The number of likely N-dealkylation sites (tertiary alicyclic amines) is 1. The van der Waals surface area contributed by atoms with Gasteiger partial charge in [0.2, 0.25) is 5.91 Å². The smallest absolute Gasteiger partial charge is 0.248 e. The third-order valence-electron chi connectivity index (χ3n) is 2.05. The Kier molecular flexibility index (Phi) is 4.28. The van der Waals surface area contributed by atoms with Gasteiger partial charge in [-0.2, -0.15) is 0 Å². The quantitative estimate of drug-likeness (QED) is 0.560. The molecule has 0 atom stereocenters. The Morgan fingerprint density at radius 2 is 2.17 bits per heavy atom. The van der Waals surface area contributed by atoms with Crippen molar-refractivity contribution >= 4 is 28.5 Å². The van der Waals surface area contributed by atoms with Crippen LogP contribution in [-0.4, -0.2) is 41.5 Å². The zero-order valence-electron chi connectivity index (χ0n) is 7.25. The summed E-state index contributed by atoms with van der Waals surface area (Å²) in [5, 5.41) is 0. The molecule has 1 heterocycles. The van der Waals surface area contributed by atoms with Gasteiger partial charge in [0, 0.05) is 24.1 Å². The van der Waals surface area contributed by atoms with Gasteiger partial charge in [0.25, 0.3) is 0 Å². The molecule has 0 saturated carbocycles. The van der Waals surface area contributed by atoms with Gasteiger partial charge in [-0.25, -0.2) is 0 Å². The summed E-state index contributed by atoms with van der Waals surface area (Å²) in [4.78, 5) is 13.2. The minimum absolute atomic E-state index is 0.126. The van der Waals surface area contributed by atoms with Crippen LogP contribution >= 0.6 is 22.6 Å². The molecule has 0 aromatic rings. The van der Waals surface area contributed by atoms with Crippen molar-refractivity contribution in [3.05, 3.63) is 0 Å². The van der Waals surface area contributed by atoms with Gasteiger partial charge in [-0.3, -0.25) is 4.79 Å². The Hall–Kier alpha value is 0.160. The Balaban J connectivity index is 2.29. The normalized spacial score (nSPS) is 19.7. The first-order chi connectivity index (χ1) is 5.74.